The molecule has 0 unspecified atom stereocenters. The van der Waals surface area contributed by atoms with Gasteiger partial charge in [-0.1, -0.05) is 29.8 Å². The third-order valence-electron chi connectivity index (χ3n) is 3.08. The molecule has 0 amide bonds. The van der Waals surface area contributed by atoms with Gasteiger partial charge in [0.2, 0.25) is 0 Å². The Morgan fingerprint density at radius 3 is 2.86 bits per heavy atom. The second-order valence-corrected chi connectivity index (χ2v) is 6.04. The monoisotopic (exact) mass is 321 g/mol. The van der Waals surface area contributed by atoms with E-state index in [2.05, 4.69) is 16.3 Å². The Balaban J connectivity index is 2.18. The van der Waals surface area contributed by atoms with Crippen LogP contribution >= 0.6 is 22.9 Å². The predicted octanol–water partition coefficient (Wildman–Crippen LogP) is 4.18. The van der Waals surface area contributed by atoms with Crippen molar-refractivity contribution in [3.05, 3.63) is 57.3 Å². The molecule has 1 aromatic carbocycles. The lowest BCUT2D eigenvalue weighted by atomic mass is 10.1. The zero-order valence-electron chi connectivity index (χ0n) is 11.6. The van der Waals surface area contributed by atoms with Crippen LogP contribution in [-0.2, 0) is 11.2 Å². The summed E-state index contributed by atoms with van der Waals surface area (Å²) in [5.41, 5.74) is 1.66. The molecule has 1 heterocycles. The number of rotatable bonds is 6. The van der Waals surface area contributed by atoms with Crippen molar-refractivity contribution in [2.45, 2.75) is 6.42 Å². The van der Waals surface area contributed by atoms with Crippen LogP contribution in [0.25, 0.3) is 6.08 Å². The highest BCUT2D eigenvalue weighted by Crippen LogP contribution is 2.30. The van der Waals surface area contributed by atoms with Crippen LogP contribution in [0.5, 0.6) is 0 Å². The van der Waals surface area contributed by atoms with Crippen LogP contribution in [0.15, 0.2) is 41.8 Å². The van der Waals surface area contributed by atoms with Gasteiger partial charge in [-0.15, -0.1) is 11.3 Å². The SMILES string of the molecule is CN(CCc1cccs1)c1c(Cl)cccc1/C=C/C(=O)O. The molecule has 0 saturated carbocycles. The molecule has 5 heteroatoms. The first-order valence-electron chi connectivity index (χ1n) is 6.51. The van der Waals surface area contributed by atoms with Gasteiger partial charge in [-0.25, -0.2) is 4.79 Å². The van der Waals surface area contributed by atoms with Gasteiger partial charge in [0.1, 0.15) is 0 Å². The van der Waals surface area contributed by atoms with Gasteiger partial charge in [0.15, 0.2) is 0 Å². The van der Waals surface area contributed by atoms with Gasteiger partial charge < -0.3 is 10.0 Å². The number of hydrogen-bond acceptors (Lipinski definition) is 3. The summed E-state index contributed by atoms with van der Waals surface area (Å²) in [7, 11) is 1.97. The Hall–Kier alpha value is -1.78. The number of anilines is 1. The largest absolute Gasteiger partial charge is 0.478 e. The van der Waals surface area contributed by atoms with Crippen LogP contribution in [0, 0.1) is 0 Å². The van der Waals surface area contributed by atoms with Crippen LogP contribution in [0.1, 0.15) is 10.4 Å². The molecule has 0 fully saturated rings. The Labute approximate surface area is 133 Å². The van der Waals surface area contributed by atoms with Crippen LogP contribution in [0.4, 0.5) is 5.69 Å². The van der Waals surface area contributed by atoms with E-state index in [1.54, 1.807) is 17.4 Å². The van der Waals surface area contributed by atoms with E-state index in [9.17, 15) is 4.79 Å². The first-order valence-corrected chi connectivity index (χ1v) is 7.76. The summed E-state index contributed by atoms with van der Waals surface area (Å²) in [5, 5.41) is 11.5. The van der Waals surface area contributed by atoms with Crippen LogP contribution in [0.3, 0.4) is 0 Å². The van der Waals surface area contributed by atoms with Crippen molar-refractivity contribution in [1.29, 1.82) is 0 Å². The maximum atomic E-state index is 10.7. The third-order valence-corrected chi connectivity index (χ3v) is 4.32. The predicted molar refractivity (Wildman–Crippen MR) is 89.4 cm³/mol. The highest BCUT2D eigenvalue weighted by Gasteiger charge is 2.10. The van der Waals surface area contributed by atoms with Gasteiger partial charge in [0.25, 0.3) is 0 Å². The van der Waals surface area contributed by atoms with Crippen LogP contribution in [-0.4, -0.2) is 24.7 Å². The molecule has 21 heavy (non-hydrogen) atoms. The molecule has 0 radical (unpaired) electrons. The molecule has 3 nitrogen and oxygen atoms in total. The topological polar surface area (TPSA) is 40.5 Å². The molecule has 2 aromatic rings. The summed E-state index contributed by atoms with van der Waals surface area (Å²) in [4.78, 5) is 14.1. The highest BCUT2D eigenvalue weighted by molar-refractivity contribution is 7.09. The van der Waals surface area contributed by atoms with E-state index >= 15 is 0 Å². The van der Waals surface area contributed by atoms with Crippen LogP contribution < -0.4 is 4.90 Å². The van der Waals surface area contributed by atoms with E-state index in [-0.39, 0.29) is 0 Å². The van der Waals surface area contributed by atoms with Crippen molar-refractivity contribution in [2.24, 2.45) is 0 Å². The van der Waals surface area contributed by atoms with Gasteiger partial charge in [0, 0.05) is 24.5 Å². The number of para-hydroxylation sites is 1. The molecule has 0 aliphatic carbocycles. The first kappa shape index (κ1) is 15.6. The molecule has 0 aliphatic rings. The van der Waals surface area contributed by atoms with Gasteiger partial charge in [-0.3, -0.25) is 0 Å². The Kier molecular flexibility index (Phi) is 5.42. The summed E-state index contributed by atoms with van der Waals surface area (Å²) in [6.45, 7) is 0.818. The lowest BCUT2D eigenvalue weighted by Crippen LogP contribution is -2.21. The fourth-order valence-corrected chi connectivity index (χ4v) is 3.10. The minimum Gasteiger partial charge on any atom is -0.478 e. The Morgan fingerprint density at radius 2 is 2.19 bits per heavy atom. The maximum Gasteiger partial charge on any atom is 0.328 e. The molecule has 110 valence electrons. The minimum atomic E-state index is -0.970. The summed E-state index contributed by atoms with van der Waals surface area (Å²) < 4.78 is 0. The number of likely N-dealkylation sites (N-methyl/N-ethyl adjacent to an activating group) is 1. The zero-order valence-corrected chi connectivity index (χ0v) is 13.2. The van der Waals surface area contributed by atoms with E-state index in [4.69, 9.17) is 16.7 Å². The fourth-order valence-electron chi connectivity index (χ4n) is 2.07. The second-order valence-electron chi connectivity index (χ2n) is 4.60. The number of halogens is 1. The molecular formula is C16H16ClNO2S. The number of carboxylic acid groups (broad SMARTS) is 1. The average Bonchev–Trinajstić information content (AvgIpc) is 2.95. The second kappa shape index (κ2) is 7.29. The third kappa shape index (κ3) is 4.34. The normalized spacial score (nSPS) is 11.0. The van der Waals surface area contributed by atoms with Crippen molar-refractivity contribution in [1.82, 2.24) is 0 Å². The van der Waals surface area contributed by atoms with Gasteiger partial charge >= 0.3 is 5.97 Å². The van der Waals surface area contributed by atoms with Gasteiger partial charge in [-0.05, 0) is 35.6 Å². The molecule has 0 spiro atoms. The molecule has 2 rings (SSSR count). The number of benzene rings is 1. The first-order chi connectivity index (χ1) is 10.1. The standard InChI is InChI=1S/C16H16ClNO2S/c1-18(10-9-13-5-3-11-21-13)16-12(7-8-15(19)20)4-2-6-14(16)17/h2-8,11H,9-10H2,1H3,(H,19,20)/b8-7+. The zero-order chi connectivity index (χ0) is 15.2. The number of hydrogen-bond donors (Lipinski definition) is 1. The van der Waals surface area contributed by atoms with E-state index in [1.807, 2.05) is 31.3 Å². The molecule has 0 bridgehead atoms. The minimum absolute atomic E-state index is 0.621. The molecule has 0 saturated heterocycles. The van der Waals surface area contributed by atoms with Crippen molar-refractivity contribution >= 4 is 40.7 Å². The van der Waals surface area contributed by atoms with Crippen molar-refractivity contribution in [3.8, 4) is 0 Å². The van der Waals surface area contributed by atoms with E-state index < -0.39 is 5.97 Å². The number of carboxylic acids is 1. The van der Waals surface area contributed by atoms with Crippen LogP contribution in [0.2, 0.25) is 5.02 Å². The maximum absolute atomic E-state index is 10.7. The highest BCUT2D eigenvalue weighted by atomic mass is 35.5. The summed E-state index contributed by atoms with van der Waals surface area (Å²) in [6.07, 6.45) is 3.63. The smallest absolute Gasteiger partial charge is 0.328 e. The quantitative estimate of drug-likeness (QED) is 0.811. The number of nitrogens with zero attached hydrogens (tertiary/aromatic N) is 1. The molecule has 1 N–H and O–H groups in total. The summed E-state index contributed by atoms with van der Waals surface area (Å²) in [5.74, 6) is -0.970. The van der Waals surface area contributed by atoms with E-state index in [0.717, 1.165) is 30.3 Å². The molecule has 1 aromatic heterocycles. The van der Waals surface area contributed by atoms with Gasteiger partial charge in [-0.2, -0.15) is 0 Å². The van der Waals surface area contributed by atoms with Crippen molar-refractivity contribution in [2.75, 3.05) is 18.5 Å². The lowest BCUT2D eigenvalue weighted by molar-refractivity contribution is -0.131. The molecular weight excluding hydrogens is 306 g/mol. The molecule has 0 atom stereocenters. The summed E-state index contributed by atoms with van der Waals surface area (Å²) in [6, 6.07) is 9.65. The number of carbonyl (C=O) groups is 1. The number of thiophene rings is 1. The van der Waals surface area contributed by atoms with Gasteiger partial charge in [0.05, 0.1) is 10.7 Å². The summed E-state index contributed by atoms with van der Waals surface area (Å²) >= 11 is 8.01. The molecule has 0 aliphatic heterocycles. The Morgan fingerprint density at radius 1 is 1.38 bits per heavy atom. The fraction of sp³-hybridized carbons (Fsp3) is 0.188. The van der Waals surface area contributed by atoms with E-state index in [0.29, 0.717) is 5.02 Å². The van der Waals surface area contributed by atoms with Crippen molar-refractivity contribution < 1.29 is 9.90 Å². The Bertz CT molecular complexity index is 638. The lowest BCUT2D eigenvalue weighted by Gasteiger charge is -2.22. The van der Waals surface area contributed by atoms with E-state index in [1.165, 1.54) is 4.88 Å². The van der Waals surface area contributed by atoms with Crippen molar-refractivity contribution in [3.63, 3.8) is 0 Å². The number of aliphatic carboxylic acids is 1. The average molecular weight is 322 g/mol.